The van der Waals surface area contributed by atoms with Gasteiger partial charge in [0.25, 0.3) is 0 Å². The fraction of sp³-hybridized carbons (Fsp3) is 0.214. The van der Waals surface area contributed by atoms with E-state index >= 15 is 0 Å². The number of carbonyl (C=O) groups is 1. The predicted molar refractivity (Wildman–Crippen MR) is 72.8 cm³/mol. The highest BCUT2D eigenvalue weighted by molar-refractivity contribution is 9.09. The molecule has 2 rings (SSSR count). The smallest absolute Gasteiger partial charge is 0.192 e. The summed E-state index contributed by atoms with van der Waals surface area (Å²) in [6.45, 7) is 1.94. The van der Waals surface area contributed by atoms with Gasteiger partial charge in [0, 0.05) is 6.20 Å². The molecule has 0 amide bonds. The van der Waals surface area contributed by atoms with E-state index in [4.69, 9.17) is 0 Å². The second-order valence-corrected chi connectivity index (χ2v) is 4.62. The third kappa shape index (κ3) is 2.38. The molecule has 1 atom stereocenters. The van der Waals surface area contributed by atoms with E-state index < -0.39 is 5.82 Å². The number of carbonyl (C=O) groups excluding carboxylic acids is 1. The molecule has 0 saturated carbocycles. The van der Waals surface area contributed by atoms with Crippen LogP contribution in [0.5, 0.6) is 0 Å². The Morgan fingerprint density at radius 3 is 2.61 bits per heavy atom. The molecule has 18 heavy (non-hydrogen) atoms. The van der Waals surface area contributed by atoms with Gasteiger partial charge < -0.3 is 4.57 Å². The average molecular weight is 310 g/mol. The summed E-state index contributed by atoms with van der Waals surface area (Å²) in [4.78, 5) is 11.7. The van der Waals surface area contributed by atoms with Gasteiger partial charge in [-0.1, -0.05) is 46.3 Å². The van der Waals surface area contributed by atoms with Crippen molar-refractivity contribution in [3.8, 4) is 0 Å². The van der Waals surface area contributed by atoms with Crippen molar-refractivity contribution in [2.24, 2.45) is 0 Å². The molecule has 0 aliphatic rings. The van der Waals surface area contributed by atoms with Gasteiger partial charge >= 0.3 is 0 Å². The molecule has 2 nitrogen and oxygen atoms in total. The van der Waals surface area contributed by atoms with Crippen LogP contribution in [0.25, 0.3) is 0 Å². The van der Waals surface area contributed by atoms with Gasteiger partial charge in [0.15, 0.2) is 11.6 Å². The minimum Gasteiger partial charge on any atom is -0.335 e. The molecule has 0 radical (unpaired) electrons. The van der Waals surface area contributed by atoms with Crippen molar-refractivity contribution in [3.05, 3.63) is 59.7 Å². The second-order valence-electron chi connectivity index (χ2n) is 4.06. The number of Topliss-reactive ketones (excluding diaryl/α,β-unsaturated/α-hetero) is 1. The normalized spacial score (nSPS) is 12.4. The Bertz CT molecular complexity index is 550. The molecule has 1 aromatic carbocycles. The standard InChI is InChI=1S/C14H13BrFNO/c1-10(11-5-3-2-4-6-11)17-8-7-12(16)14(17)13(18)9-15/h2-8,10H,9H2,1H3/t10-/m1/s1. The summed E-state index contributed by atoms with van der Waals surface area (Å²) in [5.74, 6) is -0.720. The molecule has 0 unspecified atom stereocenters. The minimum atomic E-state index is -0.470. The van der Waals surface area contributed by atoms with E-state index in [1.807, 2.05) is 37.3 Å². The van der Waals surface area contributed by atoms with Gasteiger partial charge in [0.05, 0.1) is 11.4 Å². The number of aromatic nitrogens is 1. The quantitative estimate of drug-likeness (QED) is 0.622. The number of alkyl halides is 1. The van der Waals surface area contributed by atoms with Gasteiger partial charge in [-0.15, -0.1) is 0 Å². The largest absolute Gasteiger partial charge is 0.335 e. The third-order valence-corrected chi connectivity index (χ3v) is 3.46. The fourth-order valence-corrected chi connectivity index (χ4v) is 2.24. The number of ketones is 1. The molecule has 2 aromatic rings. The van der Waals surface area contributed by atoms with Crippen molar-refractivity contribution in [2.45, 2.75) is 13.0 Å². The molecule has 0 aliphatic heterocycles. The maximum absolute atomic E-state index is 13.7. The number of hydrogen-bond acceptors (Lipinski definition) is 1. The van der Waals surface area contributed by atoms with Gasteiger partial charge in [-0.3, -0.25) is 4.79 Å². The molecule has 0 aliphatic carbocycles. The minimum absolute atomic E-state index is 0.0753. The summed E-state index contributed by atoms with van der Waals surface area (Å²) < 4.78 is 15.3. The maximum Gasteiger partial charge on any atom is 0.192 e. The second kappa shape index (κ2) is 5.48. The van der Waals surface area contributed by atoms with Crippen LogP contribution >= 0.6 is 15.9 Å². The Hall–Kier alpha value is -1.42. The Morgan fingerprint density at radius 1 is 1.33 bits per heavy atom. The van der Waals surface area contributed by atoms with Crippen LogP contribution in [-0.4, -0.2) is 15.7 Å². The highest BCUT2D eigenvalue weighted by atomic mass is 79.9. The van der Waals surface area contributed by atoms with Crippen LogP contribution in [0.2, 0.25) is 0 Å². The van der Waals surface area contributed by atoms with Gasteiger partial charge in [-0.25, -0.2) is 4.39 Å². The first-order valence-corrected chi connectivity index (χ1v) is 6.77. The SMILES string of the molecule is C[C@H](c1ccccc1)n1ccc(F)c1C(=O)CBr. The summed E-state index contributed by atoms with van der Waals surface area (Å²) in [5, 5.41) is 0.120. The first-order valence-electron chi connectivity index (χ1n) is 5.65. The molecule has 1 heterocycles. The zero-order valence-corrected chi connectivity index (χ0v) is 11.5. The van der Waals surface area contributed by atoms with E-state index in [9.17, 15) is 9.18 Å². The van der Waals surface area contributed by atoms with Crippen molar-refractivity contribution < 1.29 is 9.18 Å². The van der Waals surface area contributed by atoms with Crippen molar-refractivity contribution in [3.63, 3.8) is 0 Å². The Morgan fingerprint density at radius 2 is 2.00 bits per heavy atom. The number of nitrogens with zero attached hydrogens (tertiary/aromatic N) is 1. The van der Waals surface area contributed by atoms with Crippen LogP contribution in [0.15, 0.2) is 42.6 Å². The van der Waals surface area contributed by atoms with Crippen LogP contribution in [0.3, 0.4) is 0 Å². The Balaban J connectivity index is 2.43. The predicted octanol–water partition coefficient (Wildman–Crippen LogP) is 3.81. The average Bonchev–Trinajstić information content (AvgIpc) is 2.80. The van der Waals surface area contributed by atoms with E-state index in [1.54, 1.807) is 10.8 Å². The maximum atomic E-state index is 13.7. The van der Waals surface area contributed by atoms with E-state index in [0.717, 1.165) is 5.56 Å². The summed E-state index contributed by atoms with van der Waals surface area (Å²) in [6.07, 6.45) is 1.61. The molecule has 0 fully saturated rings. The summed E-state index contributed by atoms with van der Waals surface area (Å²) >= 11 is 3.08. The van der Waals surface area contributed by atoms with Crippen molar-refractivity contribution in [2.75, 3.05) is 5.33 Å². The zero-order chi connectivity index (χ0) is 13.1. The van der Waals surface area contributed by atoms with Crippen molar-refractivity contribution in [1.82, 2.24) is 4.57 Å². The van der Waals surface area contributed by atoms with Crippen LogP contribution < -0.4 is 0 Å². The number of rotatable bonds is 4. The third-order valence-electron chi connectivity index (χ3n) is 2.95. The molecule has 0 saturated heterocycles. The lowest BCUT2D eigenvalue weighted by molar-refractivity contribution is 0.101. The van der Waals surface area contributed by atoms with Gasteiger partial charge in [0.1, 0.15) is 5.69 Å². The lowest BCUT2D eigenvalue weighted by atomic mass is 10.1. The molecular weight excluding hydrogens is 297 g/mol. The molecule has 0 bridgehead atoms. The lowest BCUT2D eigenvalue weighted by Crippen LogP contribution is -2.15. The van der Waals surface area contributed by atoms with Crippen LogP contribution in [0.4, 0.5) is 4.39 Å². The van der Waals surface area contributed by atoms with Crippen LogP contribution in [0, 0.1) is 5.82 Å². The molecule has 0 spiro atoms. The van der Waals surface area contributed by atoms with E-state index in [-0.39, 0.29) is 22.8 Å². The van der Waals surface area contributed by atoms with Crippen molar-refractivity contribution in [1.29, 1.82) is 0 Å². The molecule has 1 aromatic heterocycles. The highest BCUT2D eigenvalue weighted by Crippen LogP contribution is 2.22. The van der Waals surface area contributed by atoms with E-state index in [0.29, 0.717) is 0 Å². The van der Waals surface area contributed by atoms with Crippen LogP contribution in [-0.2, 0) is 0 Å². The van der Waals surface area contributed by atoms with Crippen LogP contribution in [0.1, 0.15) is 29.0 Å². The van der Waals surface area contributed by atoms with Crippen molar-refractivity contribution >= 4 is 21.7 Å². The number of benzene rings is 1. The number of halogens is 2. The summed E-state index contributed by atoms with van der Waals surface area (Å²) in [5.41, 5.74) is 1.17. The fourth-order valence-electron chi connectivity index (χ4n) is 1.98. The van der Waals surface area contributed by atoms with E-state index in [2.05, 4.69) is 15.9 Å². The molecule has 94 valence electrons. The summed E-state index contributed by atoms with van der Waals surface area (Å²) in [7, 11) is 0. The summed E-state index contributed by atoms with van der Waals surface area (Å²) in [6, 6.07) is 11.0. The van der Waals surface area contributed by atoms with Gasteiger partial charge in [0.2, 0.25) is 0 Å². The monoisotopic (exact) mass is 309 g/mol. The first-order chi connectivity index (χ1) is 8.65. The Labute approximate surface area is 114 Å². The van der Waals surface area contributed by atoms with Gasteiger partial charge in [-0.2, -0.15) is 0 Å². The highest BCUT2D eigenvalue weighted by Gasteiger charge is 2.20. The van der Waals surface area contributed by atoms with Gasteiger partial charge in [-0.05, 0) is 18.6 Å². The molecule has 4 heteroatoms. The lowest BCUT2D eigenvalue weighted by Gasteiger charge is -2.17. The first kappa shape index (κ1) is 13.0. The molecular formula is C14H13BrFNO. The number of hydrogen-bond donors (Lipinski definition) is 0. The molecule has 0 N–H and O–H groups in total. The Kier molecular flexibility index (Phi) is 3.97. The zero-order valence-electron chi connectivity index (χ0n) is 9.94. The van der Waals surface area contributed by atoms with E-state index in [1.165, 1.54) is 6.07 Å². The topological polar surface area (TPSA) is 22.0 Å².